The van der Waals surface area contributed by atoms with E-state index in [2.05, 4.69) is 52.9 Å². The fourth-order valence-electron chi connectivity index (χ4n) is 2.95. The van der Waals surface area contributed by atoms with E-state index in [0.717, 1.165) is 22.4 Å². The van der Waals surface area contributed by atoms with Gasteiger partial charge in [0, 0.05) is 17.8 Å². The van der Waals surface area contributed by atoms with E-state index in [-0.39, 0.29) is 51.9 Å². The summed E-state index contributed by atoms with van der Waals surface area (Å²) in [5, 5.41) is 16.3. The zero-order valence-corrected chi connectivity index (χ0v) is 22.0. The van der Waals surface area contributed by atoms with Crippen molar-refractivity contribution < 1.29 is 39.5 Å². The number of hydrogen-bond acceptors (Lipinski definition) is 3. The van der Waals surface area contributed by atoms with Gasteiger partial charge in [0.25, 0.3) is 0 Å². The minimum absolute atomic E-state index is 0. The van der Waals surface area contributed by atoms with Crippen LogP contribution in [-0.2, 0) is 17.4 Å². The molecule has 0 aliphatic carbocycles. The fourth-order valence-corrected chi connectivity index (χ4v) is 2.95. The number of anilines is 1. The molecule has 0 spiro atoms. The first-order valence-corrected chi connectivity index (χ1v) is 10.1. The van der Waals surface area contributed by atoms with Gasteiger partial charge in [0.2, 0.25) is 0 Å². The number of rotatable bonds is 4. The summed E-state index contributed by atoms with van der Waals surface area (Å²) in [5.41, 5.74) is 3.87. The van der Waals surface area contributed by atoms with Crippen molar-refractivity contribution >= 4 is 11.5 Å². The Morgan fingerprint density at radius 2 is 1.52 bits per heavy atom. The van der Waals surface area contributed by atoms with Crippen LogP contribution in [0.1, 0.15) is 89.4 Å². The van der Waals surface area contributed by atoms with Gasteiger partial charge in [0.1, 0.15) is 0 Å². The van der Waals surface area contributed by atoms with E-state index < -0.39 is 0 Å². The molecule has 154 valence electrons. The minimum Gasteiger partial charge on any atom is -0.872 e. The van der Waals surface area contributed by atoms with Crippen LogP contribution in [0.5, 0.6) is 5.75 Å². The van der Waals surface area contributed by atoms with Crippen LogP contribution in [0, 0.1) is 0 Å². The molecule has 0 aliphatic rings. The molecule has 0 aliphatic heterocycles. The van der Waals surface area contributed by atoms with Gasteiger partial charge in [0.15, 0.2) is 5.78 Å². The van der Waals surface area contributed by atoms with Gasteiger partial charge >= 0.3 is 29.6 Å². The van der Waals surface area contributed by atoms with Crippen molar-refractivity contribution in [3.8, 4) is 5.75 Å². The summed E-state index contributed by atoms with van der Waals surface area (Å²) in [6, 6.07) is 11.5. The Balaban J connectivity index is 0.00000253. The third-order valence-electron chi connectivity index (χ3n) is 4.62. The molecule has 3 nitrogen and oxygen atoms in total. The van der Waals surface area contributed by atoms with Gasteiger partial charge in [-0.15, -0.1) is 5.75 Å². The van der Waals surface area contributed by atoms with Gasteiger partial charge in [0.05, 0.1) is 0 Å². The molecule has 0 atom stereocenters. The molecule has 0 saturated heterocycles. The second-order valence-corrected chi connectivity index (χ2v) is 8.97. The van der Waals surface area contributed by atoms with E-state index in [4.69, 9.17) is 0 Å². The van der Waals surface area contributed by atoms with E-state index in [1.165, 1.54) is 0 Å². The molecule has 0 fully saturated rings. The summed E-state index contributed by atoms with van der Waals surface area (Å²) in [5.74, 6) is 0.0903. The first-order chi connectivity index (χ1) is 12.9. The summed E-state index contributed by atoms with van der Waals surface area (Å²) in [6.07, 6.45) is 0. The molecule has 0 bridgehead atoms. The maximum atomic E-state index is 13.0. The molecule has 0 unspecified atom stereocenters. The van der Waals surface area contributed by atoms with Crippen molar-refractivity contribution in [1.82, 2.24) is 0 Å². The molecule has 0 saturated carbocycles. The van der Waals surface area contributed by atoms with E-state index in [0.29, 0.717) is 12.1 Å². The zero-order chi connectivity index (χ0) is 21.7. The number of nitrogens with one attached hydrogen (secondary N) is 1. The molecule has 29 heavy (non-hydrogen) atoms. The predicted octanol–water partition coefficient (Wildman–Crippen LogP) is 3.20. The Bertz CT molecular complexity index is 815. The van der Waals surface area contributed by atoms with E-state index in [1.54, 1.807) is 13.0 Å². The molecular weight excluding hydrogens is 369 g/mol. The fraction of sp³-hybridized carbons (Fsp3) is 0.480. The van der Waals surface area contributed by atoms with Crippen molar-refractivity contribution in [2.45, 2.75) is 79.7 Å². The van der Waals surface area contributed by atoms with E-state index in [1.807, 2.05) is 38.1 Å². The molecule has 4 heteroatoms. The van der Waals surface area contributed by atoms with Crippen LogP contribution in [0.3, 0.4) is 0 Å². The largest absolute Gasteiger partial charge is 1.00 e. The average molecular weight is 406 g/mol. The Hall–Kier alpha value is -1.29. The van der Waals surface area contributed by atoms with Crippen LogP contribution in [0.15, 0.2) is 36.4 Å². The molecule has 1 N–H and O–H groups in total. The van der Waals surface area contributed by atoms with Gasteiger partial charge in [-0.05, 0) is 46.6 Å². The average Bonchev–Trinajstić information content (AvgIpc) is 2.60. The maximum absolute atomic E-state index is 13.0. The van der Waals surface area contributed by atoms with Gasteiger partial charge in [-0.2, -0.15) is 0 Å². The van der Waals surface area contributed by atoms with Gasteiger partial charge in [-0.25, -0.2) is 0 Å². The monoisotopic (exact) mass is 405 g/mol. The summed E-state index contributed by atoms with van der Waals surface area (Å²) in [7, 11) is 0. The van der Waals surface area contributed by atoms with Crippen LogP contribution in [-0.4, -0.2) is 5.78 Å². The third-order valence-corrected chi connectivity index (χ3v) is 4.62. The topological polar surface area (TPSA) is 52.2 Å². The number of Topliss-reactive ketones (excluding diaryl/α,β-unsaturated/α-hetero) is 1. The molecule has 0 amide bonds. The van der Waals surface area contributed by atoms with Crippen molar-refractivity contribution in [2.75, 3.05) is 5.32 Å². The third kappa shape index (κ3) is 7.47. The standard InChI is InChI=1S/C23H31NO2.C2H6.Na/c1-15(25)18-10-8-9-11-20(18)24-14-16-12-17(22(2,3)4)13-19(21(16)26)23(5,6)7;1-2;/h8-13,24,26H,14H2,1-7H3;1-2H3;/q;;+1/p-1. The van der Waals surface area contributed by atoms with Gasteiger partial charge in [-0.1, -0.05) is 79.7 Å². The first kappa shape index (κ1) is 27.7. The Labute approximate surface area is 199 Å². The molecule has 0 radical (unpaired) electrons. The Morgan fingerprint density at radius 1 is 0.966 bits per heavy atom. The minimum atomic E-state index is -0.218. The molecule has 2 rings (SSSR count). The van der Waals surface area contributed by atoms with Crippen LogP contribution >= 0.6 is 0 Å². The van der Waals surface area contributed by atoms with Gasteiger partial charge < -0.3 is 10.4 Å². The molecule has 2 aromatic rings. The first-order valence-electron chi connectivity index (χ1n) is 10.1. The Kier molecular flexibility index (Phi) is 10.7. The summed E-state index contributed by atoms with van der Waals surface area (Å²) in [4.78, 5) is 11.8. The molecule has 2 aromatic carbocycles. The van der Waals surface area contributed by atoms with Crippen LogP contribution in [0.25, 0.3) is 0 Å². The van der Waals surface area contributed by atoms with Crippen molar-refractivity contribution in [3.05, 3.63) is 58.7 Å². The van der Waals surface area contributed by atoms with E-state index in [9.17, 15) is 9.90 Å². The van der Waals surface area contributed by atoms with Crippen molar-refractivity contribution in [1.29, 1.82) is 0 Å². The molecular formula is C25H36NNaO2. The van der Waals surface area contributed by atoms with E-state index >= 15 is 0 Å². The summed E-state index contributed by atoms with van der Waals surface area (Å²) >= 11 is 0. The molecule has 0 aromatic heterocycles. The SMILES string of the molecule is CC.CC(=O)c1ccccc1NCc1cc(C(C)(C)C)cc(C(C)(C)C)c1[O-].[Na+]. The van der Waals surface area contributed by atoms with Crippen LogP contribution < -0.4 is 40.0 Å². The summed E-state index contributed by atoms with van der Waals surface area (Å²) in [6.45, 7) is 18.6. The normalized spacial score (nSPS) is 11.1. The quantitative estimate of drug-likeness (QED) is 0.628. The van der Waals surface area contributed by atoms with Crippen LogP contribution in [0.2, 0.25) is 0 Å². The second-order valence-electron chi connectivity index (χ2n) is 8.97. The summed E-state index contributed by atoms with van der Waals surface area (Å²) < 4.78 is 0. The number of ketones is 1. The number of carbonyl (C=O) groups is 1. The zero-order valence-electron chi connectivity index (χ0n) is 20.0. The molecule has 0 heterocycles. The van der Waals surface area contributed by atoms with Gasteiger partial charge in [-0.3, -0.25) is 4.79 Å². The smallest absolute Gasteiger partial charge is 0.872 e. The Morgan fingerprint density at radius 3 is 2.00 bits per heavy atom. The second kappa shape index (κ2) is 11.2. The maximum Gasteiger partial charge on any atom is 1.00 e. The predicted molar refractivity (Wildman–Crippen MR) is 118 cm³/mol. The number of hydrogen-bond donors (Lipinski definition) is 1. The van der Waals surface area contributed by atoms with Crippen molar-refractivity contribution in [3.63, 3.8) is 0 Å². The van der Waals surface area contributed by atoms with Crippen LogP contribution in [0.4, 0.5) is 5.69 Å². The number of carbonyl (C=O) groups excluding carboxylic acids is 1. The number of para-hydroxylation sites is 1. The number of benzene rings is 2. The van der Waals surface area contributed by atoms with Crippen molar-refractivity contribution in [2.24, 2.45) is 0 Å².